The van der Waals surface area contributed by atoms with Crippen LogP contribution < -0.4 is 10.6 Å². The molecule has 2 N–H and O–H groups in total. The van der Waals surface area contributed by atoms with Gasteiger partial charge in [0.05, 0.1) is 18.7 Å². The average Bonchev–Trinajstić information content (AvgIpc) is 2.61. The van der Waals surface area contributed by atoms with Crippen molar-refractivity contribution < 1.29 is 14.3 Å². The van der Waals surface area contributed by atoms with E-state index in [2.05, 4.69) is 10.6 Å². The Kier molecular flexibility index (Phi) is 6.20. The number of nitrogens with one attached hydrogen (secondary N) is 2. The van der Waals surface area contributed by atoms with Gasteiger partial charge in [0.1, 0.15) is 0 Å². The van der Waals surface area contributed by atoms with Gasteiger partial charge in [0.25, 0.3) is 0 Å². The number of allylic oxidation sites excluding steroid dienone is 1. The van der Waals surface area contributed by atoms with Crippen LogP contribution in [0.15, 0.2) is 35.5 Å². The number of rotatable bonds is 4. The van der Waals surface area contributed by atoms with Crippen LogP contribution >= 0.6 is 12.2 Å². The Labute approximate surface area is 159 Å². The minimum absolute atomic E-state index is 0.230. The topological polar surface area (TPSA) is 73.9 Å². The van der Waals surface area contributed by atoms with Crippen LogP contribution in [0.25, 0.3) is 0 Å². The molecule has 140 valence electrons. The van der Waals surface area contributed by atoms with Gasteiger partial charge in [-0.3, -0.25) is 0 Å². The van der Waals surface area contributed by atoms with Crippen LogP contribution in [0.1, 0.15) is 25.5 Å². The number of esters is 1. The number of carbonyl (C=O) groups is 2. The minimum atomic E-state index is -0.450. The first-order valence-electron chi connectivity index (χ1n) is 8.25. The lowest BCUT2D eigenvalue weighted by atomic mass is 9.94. The van der Waals surface area contributed by atoms with Crippen molar-refractivity contribution in [2.75, 3.05) is 33.1 Å². The van der Waals surface area contributed by atoms with Crippen LogP contribution in [-0.4, -0.2) is 54.7 Å². The lowest BCUT2D eigenvalue weighted by molar-refractivity contribution is -0.136. The number of benzene rings is 1. The maximum atomic E-state index is 12.4. The van der Waals surface area contributed by atoms with Crippen molar-refractivity contribution in [1.29, 1.82) is 0 Å². The van der Waals surface area contributed by atoms with Crippen molar-refractivity contribution in [3.8, 4) is 0 Å². The molecule has 1 heterocycles. The summed E-state index contributed by atoms with van der Waals surface area (Å²) in [5.41, 5.74) is 2.70. The van der Waals surface area contributed by atoms with Gasteiger partial charge in [-0.05, 0) is 43.8 Å². The fourth-order valence-corrected chi connectivity index (χ4v) is 3.20. The first-order chi connectivity index (χ1) is 12.3. The number of hydrogen-bond acceptors (Lipinski definition) is 4. The van der Waals surface area contributed by atoms with E-state index in [4.69, 9.17) is 17.0 Å². The van der Waals surface area contributed by atoms with Crippen LogP contribution in [0.5, 0.6) is 0 Å². The molecule has 0 fully saturated rings. The van der Waals surface area contributed by atoms with Crippen LogP contribution in [0.3, 0.4) is 0 Å². The number of carbonyl (C=O) groups excluding carboxylic acids is 2. The molecule has 1 aromatic rings. The lowest BCUT2D eigenvalue weighted by Crippen LogP contribution is -2.47. The monoisotopic (exact) mass is 376 g/mol. The molecule has 0 saturated heterocycles. The van der Waals surface area contributed by atoms with Crippen LogP contribution in [0.4, 0.5) is 10.5 Å². The SMILES string of the molecule is CCN1C(=S)N[C@@H](c2cccc(NC(=O)N(C)C)c2)C(C(=O)OC)=C1C. The van der Waals surface area contributed by atoms with Crippen molar-refractivity contribution >= 4 is 35.0 Å². The number of urea groups is 1. The highest BCUT2D eigenvalue weighted by molar-refractivity contribution is 7.80. The smallest absolute Gasteiger partial charge is 0.337 e. The summed E-state index contributed by atoms with van der Waals surface area (Å²) >= 11 is 5.45. The second-order valence-corrected chi connectivity index (χ2v) is 6.45. The predicted octanol–water partition coefficient (Wildman–Crippen LogP) is 2.48. The summed E-state index contributed by atoms with van der Waals surface area (Å²) in [6, 6.07) is 6.63. The predicted molar refractivity (Wildman–Crippen MR) is 105 cm³/mol. The van der Waals surface area contributed by atoms with E-state index in [1.54, 1.807) is 20.2 Å². The minimum Gasteiger partial charge on any atom is -0.466 e. The molecule has 0 bridgehead atoms. The molecule has 7 nitrogen and oxygen atoms in total. The fraction of sp³-hybridized carbons (Fsp3) is 0.389. The van der Waals surface area contributed by atoms with Gasteiger partial charge in [0.15, 0.2) is 5.11 Å². The normalized spacial score (nSPS) is 16.9. The Morgan fingerprint density at radius 3 is 2.65 bits per heavy atom. The zero-order chi connectivity index (χ0) is 19.4. The molecule has 1 atom stereocenters. The number of hydrogen-bond donors (Lipinski definition) is 2. The van der Waals surface area contributed by atoms with Gasteiger partial charge >= 0.3 is 12.0 Å². The molecule has 0 unspecified atom stereocenters. The summed E-state index contributed by atoms with van der Waals surface area (Å²) in [6.45, 7) is 4.46. The Bertz CT molecular complexity index is 761. The van der Waals surface area contributed by atoms with E-state index in [1.807, 2.05) is 36.9 Å². The molecule has 1 aliphatic rings. The third-order valence-corrected chi connectivity index (χ3v) is 4.53. The maximum Gasteiger partial charge on any atom is 0.337 e. The van der Waals surface area contributed by atoms with Crippen molar-refractivity contribution in [2.45, 2.75) is 19.9 Å². The van der Waals surface area contributed by atoms with Crippen molar-refractivity contribution in [3.63, 3.8) is 0 Å². The summed E-state index contributed by atoms with van der Waals surface area (Å²) in [6.07, 6.45) is 0. The first kappa shape index (κ1) is 19.7. The van der Waals surface area contributed by atoms with E-state index in [1.165, 1.54) is 12.0 Å². The number of amides is 2. The molecule has 2 amide bonds. The largest absolute Gasteiger partial charge is 0.466 e. The molecule has 0 aliphatic carbocycles. The molecular weight excluding hydrogens is 352 g/mol. The molecule has 2 rings (SSSR count). The van der Waals surface area contributed by atoms with Crippen molar-refractivity contribution in [3.05, 3.63) is 41.1 Å². The van der Waals surface area contributed by atoms with E-state index < -0.39 is 12.0 Å². The molecule has 0 radical (unpaired) electrons. The molecule has 26 heavy (non-hydrogen) atoms. The third-order valence-electron chi connectivity index (χ3n) is 4.20. The number of ether oxygens (including phenoxy) is 1. The van der Waals surface area contributed by atoms with Crippen LogP contribution in [0.2, 0.25) is 0 Å². The highest BCUT2D eigenvalue weighted by Crippen LogP contribution is 2.32. The Morgan fingerprint density at radius 2 is 2.08 bits per heavy atom. The van der Waals surface area contributed by atoms with E-state index in [9.17, 15) is 9.59 Å². The van der Waals surface area contributed by atoms with Gasteiger partial charge in [-0.2, -0.15) is 0 Å². The Morgan fingerprint density at radius 1 is 1.38 bits per heavy atom. The quantitative estimate of drug-likeness (QED) is 0.621. The second kappa shape index (κ2) is 8.18. The Hall–Kier alpha value is -2.61. The summed E-state index contributed by atoms with van der Waals surface area (Å²) < 4.78 is 4.98. The summed E-state index contributed by atoms with van der Waals surface area (Å²) in [4.78, 5) is 27.6. The van der Waals surface area contributed by atoms with E-state index in [0.717, 1.165) is 11.3 Å². The summed E-state index contributed by atoms with van der Waals surface area (Å²) in [7, 11) is 4.69. The number of anilines is 1. The first-order valence-corrected chi connectivity index (χ1v) is 8.66. The van der Waals surface area contributed by atoms with Gasteiger partial charge in [0, 0.05) is 32.0 Å². The van der Waals surface area contributed by atoms with E-state index in [-0.39, 0.29) is 6.03 Å². The molecule has 0 aromatic heterocycles. The average molecular weight is 376 g/mol. The van der Waals surface area contributed by atoms with Crippen LogP contribution in [-0.2, 0) is 9.53 Å². The summed E-state index contributed by atoms with van der Waals surface area (Å²) in [5, 5.41) is 6.56. The van der Waals surface area contributed by atoms with E-state index in [0.29, 0.717) is 22.9 Å². The maximum absolute atomic E-state index is 12.4. The van der Waals surface area contributed by atoms with Gasteiger partial charge < -0.3 is 25.2 Å². The van der Waals surface area contributed by atoms with Gasteiger partial charge in [-0.15, -0.1) is 0 Å². The lowest BCUT2D eigenvalue weighted by Gasteiger charge is -2.37. The Balaban J connectivity index is 2.45. The van der Waals surface area contributed by atoms with Crippen molar-refractivity contribution in [2.24, 2.45) is 0 Å². The zero-order valence-corrected chi connectivity index (χ0v) is 16.4. The molecule has 1 aromatic carbocycles. The molecule has 0 spiro atoms. The highest BCUT2D eigenvalue weighted by atomic mass is 32.1. The van der Waals surface area contributed by atoms with Crippen LogP contribution in [0, 0.1) is 0 Å². The van der Waals surface area contributed by atoms with Gasteiger partial charge in [-0.25, -0.2) is 9.59 Å². The van der Waals surface area contributed by atoms with Gasteiger partial charge in [0.2, 0.25) is 0 Å². The van der Waals surface area contributed by atoms with E-state index >= 15 is 0 Å². The van der Waals surface area contributed by atoms with Gasteiger partial charge in [-0.1, -0.05) is 12.1 Å². The fourth-order valence-electron chi connectivity index (χ4n) is 2.82. The third kappa shape index (κ3) is 3.96. The molecule has 8 heteroatoms. The molecule has 0 saturated carbocycles. The highest BCUT2D eigenvalue weighted by Gasteiger charge is 2.34. The zero-order valence-electron chi connectivity index (χ0n) is 15.6. The molecular formula is C18H24N4O3S. The number of thiocarbonyl (C=S) groups is 1. The standard InChI is InChI=1S/C18H24N4O3S/c1-6-22-11(2)14(16(23)25-5)15(20-18(22)26)12-8-7-9-13(10-12)19-17(24)21(3)4/h7-10,15H,6H2,1-5H3,(H,19,24)(H,20,26)/t15-/m0/s1. The number of methoxy groups -OCH3 is 1. The second-order valence-electron chi connectivity index (χ2n) is 6.07. The summed E-state index contributed by atoms with van der Waals surface area (Å²) in [5.74, 6) is -0.413. The number of nitrogens with zero attached hydrogens (tertiary/aromatic N) is 2. The molecule has 1 aliphatic heterocycles. The van der Waals surface area contributed by atoms with Crippen molar-refractivity contribution in [1.82, 2.24) is 15.1 Å².